The third-order valence-electron chi connectivity index (χ3n) is 5.05. The van der Waals surface area contributed by atoms with Crippen LogP contribution in [0.5, 0.6) is 17.2 Å². The molecule has 0 atom stereocenters. The normalized spacial score (nSPS) is 11.0. The van der Waals surface area contributed by atoms with Crippen LogP contribution < -0.4 is 19.6 Å². The molecular formula is C27H23BrFN3O4. The molecule has 1 amide bonds. The smallest absolute Gasteiger partial charge is 0.277 e. The van der Waals surface area contributed by atoms with Crippen molar-refractivity contribution in [3.63, 3.8) is 0 Å². The number of pyridine rings is 1. The van der Waals surface area contributed by atoms with Gasteiger partial charge < -0.3 is 14.2 Å². The van der Waals surface area contributed by atoms with E-state index in [1.165, 1.54) is 12.3 Å². The summed E-state index contributed by atoms with van der Waals surface area (Å²) >= 11 is 3.48. The first-order valence-corrected chi connectivity index (χ1v) is 12.0. The molecule has 4 aromatic rings. The van der Waals surface area contributed by atoms with Crippen molar-refractivity contribution in [3.05, 3.63) is 94.3 Å². The highest BCUT2D eigenvalue weighted by Crippen LogP contribution is 2.34. The number of halogens is 2. The zero-order valence-corrected chi connectivity index (χ0v) is 21.0. The Morgan fingerprint density at radius 3 is 2.67 bits per heavy atom. The Hall–Kier alpha value is -3.98. The number of nitrogens with one attached hydrogen (secondary N) is 1. The maximum absolute atomic E-state index is 13.9. The van der Waals surface area contributed by atoms with Gasteiger partial charge in [-0.05, 0) is 53.2 Å². The van der Waals surface area contributed by atoms with Crippen molar-refractivity contribution in [2.45, 2.75) is 13.5 Å². The van der Waals surface area contributed by atoms with E-state index in [4.69, 9.17) is 14.2 Å². The summed E-state index contributed by atoms with van der Waals surface area (Å²) in [6.07, 6.45) is 3.15. The van der Waals surface area contributed by atoms with Crippen molar-refractivity contribution in [2.75, 3.05) is 13.2 Å². The number of fused-ring (bicyclic) bond motifs is 1. The third kappa shape index (κ3) is 6.37. The molecule has 0 bridgehead atoms. The van der Waals surface area contributed by atoms with Crippen molar-refractivity contribution in [1.29, 1.82) is 0 Å². The number of hydrogen-bond acceptors (Lipinski definition) is 6. The lowest BCUT2D eigenvalue weighted by Gasteiger charge is -2.14. The van der Waals surface area contributed by atoms with E-state index >= 15 is 0 Å². The highest BCUT2D eigenvalue weighted by Gasteiger charge is 2.12. The minimum absolute atomic E-state index is 0.0505. The van der Waals surface area contributed by atoms with Gasteiger partial charge in [-0.25, -0.2) is 9.82 Å². The van der Waals surface area contributed by atoms with E-state index in [2.05, 4.69) is 31.4 Å². The van der Waals surface area contributed by atoms with E-state index in [0.29, 0.717) is 45.0 Å². The molecule has 9 heteroatoms. The SMILES string of the molecule is CCOc1cc(/C=N/NC(=O)COc2cccc3cccnc23)c(Br)cc1OCc1ccccc1F. The molecule has 4 rings (SSSR count). The van der Waals surface area contributed by atoms with Crippen molar-refractivity contribution >= 4 is 39.0 Å². The number of aromatic nitrogens is 1. The standard InChI is InChI=1S/C27H23BrFN3O4/c1-2-34-24-13-20(21(28)14-25(24)35-16-19-7-3-4-10-22(19)29)15-31-32-26(33)17-36-23-11-5-8-18-9-6-12-30-27(18)23/h3-15H,2,16-17H2,1H3,(H,32,33)/b31-15+. The Balaban J connectivity index is 1.38. The number of rotatable bonds is 10. The highest BCUT2D eigenvalue weighted by atomic mass is 79.9. The summed E-state index contributed by atoms with van der Waals surface area (Å²) in [7, 11) is 0. The second-order valence-electron chi connectivity index (χ2n) is 7.55. The largest absolute Gasteiger partial charge is 0.490 e. The summed E-state index contributed by atoms with van der Waals surface area (Å²) < 4.78 is 31.7. The number of carbonyl (C=O) groups is 1. The number of para-hydroxylation sites is 1. The number of hydrazone groups is 1. The fraction of sp³-hybridized carbons (Fsp3) is 0.148. The van der Waals surface area contributed by atoms with Crippen LogP contribution in [0.15, 0.2) is 82.5 Å². The number of benzene rings is 3. The molecule has 1 aromatic heterocycles. The van der Waals surface area contributed by atoms with E-state index in [1.54, 1.807) is 42.6 Å². The summed E-state index contributed by atoms with van der Waals surface area (Å²) in [5, 5.41) is 4.94. The molecule has 0 aliphatic rings. The first kappa shape index (κ1) is 25.1. The Kier molecular flexibility index (Phi) is 8.46. The average Bonchev–Trinajstić information content (AvgIpc) is 2.89. The molecule has 0 spiro atoms. The minimum atomic E-state index is -0.426. The van der Waals surface area contributed by atoms with E-state index in [0.717, 1.165) is 5.39 Å². The molecule has 3 aromatic carbocycles. The summed E-state index contributed by atoms with van der Waals surface area (Å²) in [6.45, 7) is 2.09. The predicted octanol–water partition coefficient (Wildman–Crippen LogP) is 5.64. The summed E-state index contributed by atoms with van der Waals surface area (Å²) in [5.41, 5.74) is 4.21. The lowest BCUT2D eigenvalue weighted by molar-refractivity contribution is -0.123. The van der Waals surface area contributed by atoms with Crippen molar-refractivity contribution in [2.24, 2.45) is 5.10 Å². The van der Waals surface area contributed by atoms with Gasteiger partial charge in [-0.15, -0.1) is 0 Å². The van der Waals surface area contributed by atoms with Crippen LogP contribution in [-0.4, -0.2) is 30.3 Å². The molecular weight excluding hydrogens is 529 g/mol. The molecule has 0 fully saturated rings. The van der Waals surface area contributed by atoms with Crippen LogP contribution in [0, 0.1) is 5.82 Å². The molecule has 0 aliphatic heterocycles. The van der Waals surface area contributed by atoms with Crippen LogP contribution in [0.1, 0.15) is 18.1 Å². The fourth-order valence-electron chi connectivity index (χ4n) is 3.34. The first-order valence-electron chi connectivity index (χ1n) is 11.2. The van der Waals surface area contributed by atoms with E-state index in [-0.39, 0.29) is 19.0 Å². The summed E-state index contributed by atoms with van der Waals surface area (Å²) in [5.74, 6) is 0.670. The molecule has 1 N–H and O–H groups in total. The van der Waals surface area contributed by atoms with Crippen molar-refractivity contribution in [1.82, 2.24) is 10.4 Å². The van der Waals surface area contributed by atoms with Crippen molar-refractivity contribution < 1.29 is 23.4 Å². The van der Waals surface area contributed by atoms with E-state index in [9.17, 15) is 9.18 Å². The van der Waals surface area contributed by atoms with Crippen LogP contribution in [0.2, 0.25) is 0 Å². The zero-order chi connectivity index (χ0) is 25.3. The Labute approximate surface area is 216 Å². The number of carbonyl (C=O) groups excluding carboxylic acids is 1. The molecule has 0 radical (unpaired) electrons. The molecule has 0 unspecified atom stereocenters. The van der Waals surface area contributed by atoms with Crippen LogP contribution in [0.25, 0.3) is 10.9 Å². The van der Waals surface area contributed by atoms with E-state index < -0.39 is 5.91 Å². The maximum atomic E-state index is 13.9. The average molecular weight is 552 g/mol. The third-order valence-corrected chi connectivity index (χ3v) is 5.74. The number of ether oxygens (including phenoxy) is 3. The van der Waals surface area contributed by atoms with Gasteiger partial charge in [-0.1, -0.05) is 36.4 Å². The predicted molar refractivity (Wildman–Crippen MR) is 139 cm³/mol. The second kappa shape index (κ2) is 12.1. The van der Waals surface area contributed by atoms with E-state index in [1.807, 2.05) is 31.2 Å². The van der Waals surface area contributed by atoms with Crippen LogP contribution >= 0.6 is 15.9 Å². The quantitative estimate of drug-likeness (QED) is 0.203. The van der Waals surface area contributed by atoms with Gasteiger partial charge in [0.2, 0.25) is 0 Å². The Bertz CT molecular complexity index is 1390. The number of amides is 1. The van der Waals surface area contributed by atoms with Gasteiger partial charge in [0.1, 0.15) is 23.7 Å². The lowest BCUT2D eigenvalue weighted by Crippen LogP contribution is -2.24. The van der Waals surface area contributed by atoms with Gasteiger partial charge in [0.25, 0.3) is 5.91 Å². The van der Waals surface area contributed by atoms with Gasteiger partial charge >= 0.3 is 0 Å². The molecule has 36 heavy (non-hydrogen) atoms. The summed E-state index contributed by atoms with van der Waals surface area (Å²) in [4.78, 5) is 16.5. The molecule has 1 heterocycles. The summed E-state index contributed by atoms with van der Waals surface area (Å²) in [6, 6.07) is 19.1. The fourth-order valence-corrected chi connectivity index (χ4v) is 3.77. The van der Waals surface area contributed by atoms with Gasteiger partial charge in [-0.2, -0.15) is 5.10 Å². The monoisotopic (exact) mass is 551 g/mol. The zero-order valence-electron chi connectivity index (χ0n) is 19.4. The topological polar surface area (TPSA) is 82.0 Å². The van der Waals surface area contributed by atoms with Gasteiger partial charge in [-0.3, -0.25) is 9.78 Å². The molecule has 0 saturated heterocycles. The number of nitrogens with zero attached hydrogens (tertiary/aromatic N) is 2. The Morgan fingerprint density at radius 1 is 1.03 bits per heavy atom. The number of hydrogen-bond donors (Lipinski definition) is 1. The molecule has 184 valence electrons. The van der Waals surface area contributed by atoms with Crippen LogP contribution in [0.4, 0.5) is 4.39 Å². The van der Waals surface area contributed by atoms with Gasteiger partial charge in [0.05, 0.1) is 12.8 Å². The van der Waals surface area contributed by atoms with Crippen LogP contribution in [-0.2, 0) is 11.4 Å². The molecule has 7 nitrogen and oxygen atoms in total. The van der Waals surface area contributed by atoms with Gasteiger partial charge in [0, 0.05) is 27.2 Å². The van der Waals surface area contributed by atoms with Crippen LogP contribution in [0.3, 0.4) is 0 Å². The highest BCUT2D eigenvalue weighted by molar-refractivity contribution is 9.10. The van der Waals surface area contributed by atoms with Gasteiger partial charge in [0.15, 0.2) is 18.1 Å². The van der Waals surface area contributed by atoms with Crippen molar-refractivity contribution in [3.8, 4) is 17.2 Å². The first-order chi connectivity index (χ1) is 17.5. The molecule has 0 aliphatic carbocycles. The molecule has 0 saturated carbocycles. The minimum Gasteiger partial charge on any atom is -0.490 e. The second-order valence-corrected chi connectivity index (χ2v) is 8.40. The lowest BCUT2D eigenvalue weighted by atomic mass is 10.2. The Morgan fingerprint density at radius 2 is 1.83 bits per heavy atom. The maximum Gasteiger partial charge on any atom is 0.277 e.